The summed E-state index contributed by atoms with van der Waals surface area (Å²) < 4.78 is 19.3. The zero-order chi connectivity index (χ0) is 24.4. The maximum Gasteiger partial charge on any atom is 0.0923 e. The smallest absolute Gasteiger partial charge is 0.0923 e. The Bertz CT molecular complexity index is 699. The van der Waals surface area contributed by atoms with Crippen LogP contribution in [0.5, 0.6) is 0 Å². The molecule has 0 spiro atoms. The van der Waals surface area contributed by atoms with Gasteiger partial charge in [-0.05, 0) is 101 Å². The van der Waals surface area contributed by atoms with E-state index >= 15 is 0 Å². The zero-order valence-electron chi connectivity index (χ0n) is 23.1. The molecule has 0 saturated heterocycles. The summed E-state index contributed by atoms with van der Waals surface area (Å²) in [5.41, 5.74) is -0.105. The molecule has 4 aliphatic carbocycles. The lowest BCUT2D eigenvalue weighted by Gasteiger charge is -2.56. The van der Waals surface area contributed by atoms with Crippen molar-refractivity contribution in [3.8, 4) is 0 Å². The maximum atomic E-state index is 7.52. The Morgan fingerprint density at radius 2 is 1.51 bits per heavy atom. The van der Waals surface area contributed by atoms with Crippen LogP contribution in [0.3, 0.4) is 0 Å². The summed E-state index contributed by atoms with van der Waals surface area (Å²) >= 11 is 0. The predicted molar refractivity (Wildman–Crippen MR) is 143 cm³/mol. The van der Waals surface area contributed by atoms with Crippen molar-refractivity contribution in [2.75, 3.05) is 27.3 Å². The van der Waals surface area contributed by atoms with Crippen LogP contribution in [-0.2, 0) is 14.2 Å². The SMILES string of the molecule is CCN(CC)C1CCC(C2(C3CCC(OC)C(OC)C3)C=CC3C(CCC4CCCCC43)O2)CC1. The van der Waals surface area contributed by atoms with Crippen molar-refractivity contribution in [2.45, 2.75) is 127 Å². The molecule has 5 aliphatic rings. The first-order chi connectivity index (χ1) is 17.1. The van der Waals surface area contributed by atoms with Gasteiger partial charge in [0.05, 0.1) is 23.9 Å². The third kappa shape index (κ3) is 5.03. The quantitative estimate of drug-likeness (QED) is 0.377. The minimum atomic E-state index is -0.105. The third-order valence-electron chi connectivity index (χ3n) is 11.3. The number of hydrogen-bond donors (Lipinski definition) is 0. The van der Waals surface area contributed by atoms with Gasteiger partial charge in [0.1, 0.15) is 0 Å². The summed E-state index contributed by atoms with van der Waals surface area (Å²) in [5, 5.41) is 0. The van der Waals surface area contributed by atoms with Crippen molar-refractivity contribution < 1.29 is 14.2 Å². The highest BCUT2D eigenvalue weighted by Gasteiger charge is 2.54. The van der Waals surface area contributed by atoms with Gasteiger partial charge in [-0.3, -0.25) is 0 Å². The van der Waals surface area contributed by atoms with Crippen LogP contribution in [0.1, 0.15) is 97.3 Å². The van der Waals surface area contributed by atoms with Crippen LogP contribution < -0.4 is 0 Å². The summed E-state index contributed by atoms with van der Waals surface area (Å²) in [6, 6.07) is 0.757. The standard InChI is InChI=1S/C31H53NO3/c1-5-32(6-2)25-15-12-23(13-16-25)31(24-14-18-29(33-3)30(21-24)34-4)20-19-27-26-10-8-7-9-22(26)11-17-28(27)35-31/h19-20,22-30H,5-18,21H2,1-4H3. The van der Waals surface area contributed by atoms with Gasteiger partial charge in [0.15, 0.2) is 0 Å². The molecule has 0 N–H and O–H groups in total. The molecular formula is C31H53NO3. The molecule has 4 heteroatoms. The third-order valence-corrected chi connectivity index (χ3v) is 11.3. The van der Waals surface area contributed by atoms with E-state index in [0.29, 0.717) is 23.9 Å². The Balaban J connectivity index is 1.40. The molecule has 8 unspecified atom stereocenters. The number of hydrogen-bond acceptors (Lipinski definition) is 4. The van der Waals surface area contributed by atoms with Gasteiger partial charge in [0, 0.05) is 26.2 Å². The predicted octanol–water partition coefficient (Wildman–Crippen LogP) is 6.63. The van der Waals surface area contributed by atoms with E-state index in [1.54, 1.807) is 0 Å². The Morgan fingerprint density at radius 1 is 0.800 bits per heavy atom. The average Bonchev–Trinajstić information content (AvgIpc) is 2.93. The van der Waals surface area contributed by atoms with Crippen LogP contribution in [0.4, 0.5) is 0 Å². The number of rotatable bonds is 7. The van der Waals surface area contributed by atoms with E-state index in [1.165, 1.54) is 83.7 Å². The van der Waals surface area contributed by atoms with Crippen LogP contribution >= 0.6 is 0 Å². The number of nitrogens with zero attached hydrogens (tertiary/aromatic N) is 1. The molecule has 8 atom stereocenters. The van der Waals surface area contributed by atoms with E-state index in [0.717, 1.165) is 30.7 Å². The normalized spacial score (nSPS) is 46.3. The fourth-order valence-corrected chi connectivity index (χ4v) is 9.37. The maximum absolute atomic E-state index is 7.52. The summed E-state index contributed by atoms with van der Waals surface area (Å²) in [4.78, 5) is 2.69. The van der Waals surface area contributed by atoms with Crippen LogP contribution in [-0.4, -0.2) is 62.2 Å². The Morgan fingerprint density at radius 3 is 2.23 bits per heavy atom. The molecule has 200 valence electrons. The first-order valence-electron chi connectivity index (χ1n) is 15.3. The fraction of sp³-hybridized carbons (Fsp3) is 0.935. The molecule has 4 saturated carbocycles. The van der Waals surface area contributed by atoms with Crippen molar-refractivity contribution in [1.82, 2.24) is 4.90 Å². The molecule has 5 rings (SSSR count). The zero-order valence-corrected chi connectivity index (χ0v) is 23.1. The number of ether oxygens (including phenoxy) is 3. The molecule has 0 aromatic heterocycles. The molecule has 0 amide bonds. The van der Waals surface area contributed by atoms with Crippen molar-refractivity contribution in [2.24, 2.45) is 29.6 Å². The van der Waals surface area contributed by atoms with Gasteiger partial charge in [0.2, 0.25) is 0 Å². The largest absolute Gasteiger partial charge is 0.379 e. The highest BCUT2D eigenvalue weighted by Crippen LogP contribution is 2.54. The Labute approximate surface area is 215 Å². The highest BCUT2D eigenvalue weighted by atomic mass is 16.5. The summed E-state index contributed by atoms with van der Waals surface area (Å²) in [5.74, 6) is 3.64. The van der Waals surface area contributed by atoms with Crippen LogP contribution in [0.2, 0.25) is 0 Å². The second-order valence-electron chi connectivity index (χ2n) is 12.5. The highest BCUT2D eigenvalue weighted by molar-refractivity contribution is 5.19. The van der Waals surface area contributed by atoms with E-state index in [2.05, 4.69) is 30.9 Å². The van der Waals surface area contributed by atoms with Gasteiger partial charge in [0.25, 0.3) is 0 Å². The van der Waals surface area contributed by atoms with E-state index in [4.69, 9.17) is 14.2 Å². The summed E-state index contributed by atoms with van der Waals surface area (Å²) in [7, 11) is 3.73. The molecule has 0 aromatic rings. The molecule has 1 aliphatic heterocycles. The lowest BCUT2D eigenvalue weighted by atomic mass is 9.60. The van der Waals surface area contributed by atoms with Crippen molar-refractivity contribution in [1.29, 1.82) is 0 Å². The monoisotopic (exact) mass is 487 g/mol. The second kappa shape index (κ2) is 11.5. The van der Waals surface area contributed by atoms with E-state index in [9.17, 15) is 0 Å². The van der Waals surface area contributed by atoms with E-state index < -0.39 is 0 Å². The lowest BCUT2D eigenvalue weighted by Crippen LogP contribution is -2.57. The van der Waals surface area contributed by atoms with Gasteiger partial charge >= 0.3 is 0 Å². The van der Waals surface area contributed by atoms with Gasteiger partial charge in [-0.1, -0.05) is 45.3 Å². The van der Waals surface area contributed by atoms with Gasteiger partial charge in [-0.25, -0.2) is 0 Å². The molecule has 35 heavy (non-hydrogen) atoms. The lowest BCUT2D eigenvalue weighted by molar-refractivity contribution is -0.197. The summed E-state index contributed by atoms with van der Waals surface area (Å²) in [6.45, 7) is 7.00. The van der Waals surface area contributed by atoms with Crippen LogP contribution in [0.15, 0.2) is 12.2 Å². The van der Waals surface area contributed by atoms with Crippen LogP contribution in [0, 0.1) is 29.6 Å². The summed E-state index contributed by atoms with van der Waals surface area (Å²) in [6.07, 6.45) is 23.2. The average molecular weight is 488 g/mol. The molecule has 4 nitrogen and oxygen atoms in total. The number of fused-ring (bicyclic) bond motifs is 3. The fourth-order valence-electron chi connectivity index (χ4n) is 9.37. The molecule has 0 bridgehead atoms. The molecular weight excluding hydrogens is 434 g/mol. The molecule has 0 aromatic carbocycles. The number of methoxy groups -OCH3 is 2. The van der Waals surface area contributed by atoms with Gasteiger partial charge in [-0.2, -0.15) is 0 Å². The topological polar surface area (TPSA) is 30.9 Å². The minimum Gasteiger partial charge on any atom is -0.379 e. The van der Waals surface area contributed by atoms with E-state index in [1.807, 2.05) is 14.2 Å². The van der Waals surface area contributed by atoms with Crippen LogP contribution in [0.25, 0.3) is 0 Å². The molecule has 0 radical (unpaired) electrons. The minimum absolute atomic E-state index is 0.105. The van der Waals surface area contributed by atoms with Gasteiger partial charge < -0.3 is 19.1 Å². The van der Waals surface area contributed by atoms with E-state index in [-0.39, 0.29) is 17.8 Å². The Hall–Kier alpha value is -0.420. The Kier molecular flexibility index (Phi) is 8.64. The molecule has 1 heterocycles. The van der Waals surface area contributed by atoms with Gasteiger partial charge in [-0.15, -0.1) is 0 Å². The molecule has 4 fully saturated rings. The van der Waals surface area contributed by atoms with Crippen molar-refractivity contribution in [3.05, 3.63) is 12.2 Å². The first kappa shape index (κ1) is 26.2. The first-order valence-corrected chi connectivity index (χ1v) is 15.3. The van der Waals surface area contributed by atoms with Crippen molar-refractivity contribution >= 4 is 0 Å². The van der Waals surface area contributed by atoms with Crippen molar-refractivity contribution in [3.63, 3.8) is 0 Å². The second-order valence-corrected chi connectivity index (χ2v) is 12.5.